The number of hydrogen-bond acceptors (Lipinski definition) is 2. The highest BCUT2D eigenvalue weighted by Gasteiger charge is 2.00. The summed E-state index contributed by atoms with van der Waals surface area (Å²) in [7, 11) is 0. The maximum Gasteiger partial charge on any atom is 0.126 e. The quantitative estimate of drug-likeness (QED) is 0.692. The van der Waals surface area contributed by atoms with Gasteiger partial charge in [-0.1, -0.05) is 19.1 Å². The van der Waals surface area contributed by atoms with Crippen molar-refractivity contribution in [2.75, 3.05) is 6.73 Å². The van der Waals surface area contributed by atoms with Gasteiger partial charge in [0, 0.05) is 6.54 Å². The molecule has 3 heteroatoms. The standard InChI is InChI=1S/C10H14FNO/c1-2-9-5-8(6-12-7-13)3-4-10(9)11/h3-5,12-13H,2,6-7H2,1H3. The molecular weight excluding hydrogens is 169 g/mol. The van der Waals surface area contributed by atoms with E-state index >= 15 is 0 Å². The molecule has 0 aromatic heterocycles. The third-order valence-electron chi connectivity index (χ3n) is 1.93. The van der Waals surface area contributed by atoms with Gasteiger partial charge in [0.2, 0.25) is 0 Å². The Kier molecular flexibility index (Phi) is 3.86. The van der Waals surface area contributed by atoms with Gasteiger partial charge in [-0.05, 0) is 23.6 Å². The molecule has 13 heavy (non-hydrogen) atoms. The summed E-state index contributed by atoms with van der Waals surface area (Å²) in [6, 6.07) is 5.00. The van der Waals surface area contributed by atoms with E-state index < -0.39 is 0 Å². The predicted molar refractivity (Wildman–Crippen MR) is 49.7 cm³/mol. The van der Waals surface area contributed by atoms with Crippen molar-refractivity contribution in [3.05, 3.63) is 35.1 Å². The molecule has 0 amide bonds. The summed E-state index contributed by atoms with van der Waals surface area (Å²) in [6.45, 7) is 2.43. The van der Waals surface area contributed by atoms with Gasteiger partial charge in [-0.15, -0.1) is 0 Å². The van der Waals surface area contributed by atoms with E-state index in [9.17, 15) is 4.39 Å². The number of aliphatic hydroxyl groups excluding tert-OH is 1. The summed E-state index contributed by atoms with van der Waals surface area (Å²) in [5, 5.41) is 11.3. The zero-order chi connectivity index (χ0) is 9.68. The van der Waals surface area contributed by atoms with Crippen LogP contribution in [0.3, 0.4) is 0 Å². The lowest BCUT2D eigenvalue weighted by Crippen LogP contribution is -2.13. The van der Waals surface area contributed by atoms with Crippen LogP contribution in [0.4, 0.5) is 4.39 Å². The van der Waals surface area contributed by atoms with Crippen molar-refractivity contribution in [1.29, 1.82) is 0 Å². The van der Waals surface area contributed by atoms with Crippen LogP contribution in [0.15, 0.2) is 18.2 Å². The van der Waals surface area contributed by atoms with Crippen LogP contribution >= 0.6 is 0 Å². The van der Waals surface area contributed by atoms with Crippen molar-refractivity contribution in [3.8, 4) is 0 Å². The molecule has 0 atom stereocenters. The van der Waals surface area contributed by atoms with E-state index in [0.717, 1.165) is 11.1 Å². The Balaban J connectivity index is 2.74. The highest BCUT2D eigenvalue weighted by molar-refractivity contribution is 5.24. The van der Waals surface area contributed by atoms with Crippen LogP contribution in [0.5, 0.6) is 0 Å². The Labute approximate surface area is 77.4 Å². The van der Waals surface area contributed by atoms with Crippen LogP contribution < -0.4 is 5.32 Å². The minimum absolute atomic E-state index is 0.0567. The summed E-state index contributed by atoms with van der Waals surface area (Å²) in [5.41, 5.74) is 1.71. The molecule has 0 saturated heterocycles. The van der Waals surface area contributed by atoms with Gasteiger partial charge >= 0.3 is 0 Å². The minimum atomic E-state index is -0.157. The van der Waals surface area contributed by atoms with Gasteiger partial charge in [-0.25, -0.2) is 4.39 Å². The molecule has 0 radical (unpaired) electrons. The molecule has 0 saturated carbocycles. The SMILES string of the molecule is CCc1cc(CNCO)ccc1F. The first-order valence-electron chi connectivity index (χ1n) is 4.36. The Morgan fingerprint density at radius 3 is 2.85 bits per heavy atom. The van der Waals surface area contributed by atoms with Gasteiger partial charge < -0.3 is 5.11 Å². The molecule has 0 unspecified atom stereocenters. The van der Waals surface area contributed by atoms with Gasteiger partial charge in [-0.2, -0.15) is 0 Å². The number of aryl methyl sites for hydroxylation is 1. The molecule has 0 heterocycles. The highest BCUT2D eigenvalue weighted by Crippen LogP contribution is 2.10. The van der Waals surface area contributed by atoms with Gasteiger partial charge in [0.1, 0.15) is 5.82 Å². The van der Waals surface area contributed by atoms with Gasteiger partial charge in [-0.3, -0.25) is 5.32 Å². The first-order chi connectivity index (χ1) is 6.27. The molecule has 1 aromatic carbocycles. The average molecular weight is 183 g/mol. The Morgan fingerprint density at radius 2 is 2.23 bits per heavy atom. The largest absolute Gasteiger partial charge is 0.381 e. The van der Waals surface area contributed by atoms with Gasteiger partial charge in [0.25, 0.3) is 0 Å². The topological polar surface area (TPSA) is 32.3 Å². The molecule has 2 nitrogen and oxygen atoms in total. The zero-order valence-electron chi connectivity index (χ0n) is 7.68. The average Bonchev–Trinajstić information content (AvgIpc) is 2.16. The molecule has 0 bridgehead atoms. The highest BCUT2D eigenvalue weighted by atomic mass is 19.1. The van der Waals surface area contributed by atoms with Crippen molar-refractivity contribution in [2.24, 2.45) is 0 Å². The number of aliphatic hydroxyl groups is 1. The van der Waals surface area contributed by atoms with Crippen LogP contribution in [0, 0.1) is 5.82 Å². The number of halogens is 1. The molecule has 0 aliphatic heterocycles. The molecule has 1 rings (SSSR count). The molecule has 72 valence electrons. The van der Waals surface area contributed by atoms with E-state index in [1.165, 1.54) is 6.07 Å². The summed E-state index contributed by atoms with van der Waals surface area (Å²) in [5.74, 6) is -0.157. The van der Waals surface area contributed by atoms with E-state index in [2.05, 4.69) is 5.32 Å². The fourth-order valence-corrected chi connectivity index (χ4v) is 1.21. The monoisotopic (exact) mass is 183 g/mol. The van der Waals surface area contributed by atoms with Crippen LogP contribution in [-0.2, 0) is 13.0 Å². The van der Waals surface area contributed by atoms with Crippen molar-refractivity contribution in [3.63, 3.8) is 0 Å². The maximum absolute atomic E-state index is 13.0. The number of hydrogen-bond donors (Lipinski definition) is 2. The first-order valence-corrected chi connectivity index (χ1v) is 4.36. The predicted octanol–water partition coefficient (Wildman–Crippen LogP) is 1.43. The fourth-order valence-electron chi connectivity index (χ4n) is 1.21. The second kappa shape index (κ2) is 4.94. The lowest BCUT2D eigenvalue weighted by Gasteiger charge is -2.04. The molecule has 0 aliphatic carbocycles. The lowest BCUT2D eigenvalue weighted by molar-refractivity contribution is 0.259. The van der Waals surface area contributed by atoms with E-state index in [0.29, 0.717) is 13.0 Å². The Hall–Kier alpha value is -0.930. The van der Waals surface area contributed by atoms with Crippen LogP contribution in [0.25, 0.3) is 0 Å². The number of benzene rings is 1. The van der Waals surface area contributed by atoms with Crippen LogP contribution in [0.1, 0.15) is 18.1 Å². The van der Waals surface area contributed by atoms with E-state index in [1.54, 1.807) is 6.07 Å². The fraction of sp³-hybridized carbons (Fsp3) is 0.400. The van der Waals surface area contributed by atoms with E-state index in [1.807, 2.05) is 13.0 Å². The summed E-state index contributed by atoms with van der Waals surface area (Å²) >= 11 is 0. The van der Waals surface area contributed by atoms with Crippen molar-refractivity contribution < 1.29 is 9.50 Å². The minimum Gasteiger partial charge on any atom is -0.381 e. The normalized spacial score (nSPS) is 10.4. The van der Waals surface area contributed by atoms with Crippen LogP contribution in [0.2, 0.25) is 0 Å². The molecule has 0 spiro atoms. The molecule has 0 aliphatic rings. The molecule has 1 aromatic rings. The van der Waals surface area contributed by atoms with Crippen molar-refractivity contribution in [2.45, 2.75) is 19.9 Å². The number of rotatable bonds is 4. The second-order valence-corrected chi connectivity index (χ2v) is 2.86. The molecular formula is C10H14FNO. The Bertz CT molecular complexity index is 276. The third kappa shape index (κ3) is 2.79. The first kappa shape index (κ1) is 10.2. The van der Waals surface area contributed by atoms with E-state index in [-0.39, 0.29) is 12.5 Å². The van der Waals surface area contributed by atoms with Gasteiger partial charge in [0.15, 0.2) is 0 Å². The lowest BCUT2D eigenvalue weighted by atomic mass is 10.1. The number of nitrogens with one attached hydrogen (secondary N) is 1. The Morgan fingerprint density at radius 1 is 1.46 bits per heavy atom. The zero-order valence-corrected chi connectivity index (χ0v) is 7.68. The summed E-state index contributed by atoms with van der Waals surface area (Å²) < 4.78 is 13.0. The third-order valence-corrected chi connectivity index (χ3v) is 1.93. The second-order valence-electron chi connectivity index (χ2n) is 2.86. The van der Waals surface area contributed by atoms with E-state index in [4.69, 9.17) is 5.11 Å². The molecule has 0 fully saturated rings. The summed E-state index contributed by atoms with van der Waals surface area (Å²) in [4.78, 5) is 0. The van der Waals surface area contributed by atoms with Crippen molar-refractivity contribution >= 4 is 0 Å². The smallest absolute Gasteiger partial charge is 0.126 e. The van der Waals surface area contributed by atoms with Gasteiger partial charge in [0.05, 0.1) is 6.73 Å². The summed E-state index contributed by atoms with van der Waals surface area (Å²) in [6.07, 6.45) is 0.693. The molecule has 2 N–H and O–H groups in total. The maximum atomic E-state index is 13.0. The van der Waals surface area contributed by atoms with Crippen molar-refractivity contribution in [1.82, 2.24) is 5.32 Å². The van der Waals surface area contributed by atoms with Crippen LogP contribution in [-0.4, -0.2) is 11.8 Å².